The van der Waals surface area contributed by atoms with Gasteiger partial charge in [0.1, 0.15) is 16.4 Å². The average Bonchev–Trinajstić information content (AvgIpc) is 3.26. The lowest BCUT2D eigenvalue weighted by molar-refractivity contribution is 0.0531. The number of hydrogen-bond donors (Lipinski definition) is 2. The summed E-state index contributed by atoms with van der Waals surface area (Å²) in [6, 6.07) is -0.143. The summed E-state index contributed by atoms with van der Waals surface area (Å²) in [5.41, 5.74) is 0.464. The third-order valence-corrected chi connectivity index (χ3v) is 5.15. The highest BCUT2D eigenvalue weighted by Crippen LogP contribution is 2.24. The first-order valence-electron chi connectivity index (χ1n) is 9.68. The second-order valence-electron chi connectivity index (χ2n) is 7.51. The van der Waals surface area contributed by atoms with Crippen molar-refractivity contribution in [1.29, 1.82) is 0 Å². The van der Waals surface area contributed by atoms with Gasteiger partial charge in [-0.15, -0.1) is 11.3 Å². The van der Waals surface area contributed by atoms with Gasteiger partial charge in [0.2, 0.25) is 5.89 Å². The smallest absolute Gasteiger partial charge is 0.350 e. The number of guanidine groups is 1. The van der Waals surface area contributed by atoms with E-state index in [1.54, 1.807) is 13.8 Å². The summed E-state index contributed by atoms with van der Waals surface area (Å²) in [5.74, 6) is 1.37. The maximum Gasteiger partial charge on any atom is 0.350 e. The van der Waals surface area contributed by atoms with E-state index in [1.165, 1.54) is 11.3 Å². The van der Waals surface area contributed by atoms with E-state index in [0.29, 0.717) is 41.4 Å². The van der Waals surface area contributed by atoms with Crippen molar-refractivity contribution >= 4 is 23.3 Å². The minimum atomic E-state index is -0.340. The molecule has 0 fully saturated rings. The number of aromatic nitrogens is 3. The largest absolute Gasteiger partial charge is 0.462 e. The van der Waals surface area contributed by atoms with Crippen molar-refractivity contribution in [3.63, 3.8) is 0 Å². The molecule has 0 aliphatic carbocycles. The van der Waals surface area contributed by atoms with Crippen molar-refractivity contribution in [3.05, 3.63) is 27.3 Å². The molecule has 0 aromatic carbocycles. The highest BCUT2D eigenvalue weighted by atomic mass is 32.1. The monoisotopic (exact) mass is 422 g/mol. The van der Waals surface area contributed by atoms with Crippen LogP contribution >= 0.6 is 11.3 Å². The third kappa shape index (κ3) is 6.25. The zero-order valence-electron chi connectivity index (χ0n) is 18.1. The molecule has 2 rings (SSSR count). The van der Waals surface area contributed by atoms with E-state index >= 15 is 0 Å². The van der Waals surface area contributed by atoms with Crippen LogP contribution in [0.5, 0.6) is 0 Å². The van der Waals surface area contributed by atoms with Crippen LogP contribution < -0.4 is 10.6 Å². The van der Waals surface area contributed by atoms with E-state index in [0.717, 1.165) is 5.01 Å². The zero-order valence-corrected chi connectivity index (χ0v) is 18.9. The lowest BCUT2D eigenvalue weighted by atomic mass is 9.97. The Morgan fingerprint density at radius 1 is 1.31 bits per heavy atom. The normalized spacial score (nSPS) is 13.3. The molecule has 10 heteroatoms. The van der Waals surface area contributed by atoms with Gasteiger partial charge in [-0.3, -0.25) is 0 Å². The first kappa shape index (κ1) is 22.8. The molecular formula is C19H30N6O3S. The Balaban J connectivity index is 2.09. The minimum Gasteiger partial charge on any atom is -0.462 e. The number of rotatable bonds is 7. The number of aliphatic imine (C=N–C) groups is 1. The second-order valence-corrected chi connectivity index (χ2v) is 8.54. The Hall–Kier alpha value is -2.49. The van der Waals surface area contributed by atoms with Crippen LogP contribution in [-0.4, -0.2) is 40.2 Å². The van der Waals surface area contributed by atoms with E-state index in [2.05, 4.69) is 30.8 Å². The quantitative estimate of drug-likeness (QED) is 0.397. The standard InChI is InChI=1S/C19H30N6O3S/c1-8-20-18(21-10-13-24-17(28-25-13)19(5,6)7)23-12(4)15-22-11(3)14(29-15)16(26)27-9-2/h12H,8-10H2,1-7H3,(H2,20,21,23). The van der Waals surface area contributed by atoms with E-state index in [4.69, 9.17) is 9.26 Å². The molecule has 2 aromatic heterocycles. The maximum atomic E-state index is 12.0. The Morgan fingerprint density at radius 3 is 2.62 bits per heavy atom. The Bertz CT molecular complexity index is 852. The lowest BCUT2D eigenvalue weighted by Gasteiger charge is -2.15. The number of nitrogens with zero attached hydrogens (tertiary/aromatic N) is 4. The van der Waals surface area contributed by atoms with E-state index < -0.39 is 0 Å². The first-order chi connectivity index (χ1) is 13.7. The highest BCUT2D eigenvalue weighted by Gasteiger charge is 2.22. The molecule has 2 heterocycles. The number of carbonyl (C=O) groups excluding carboxylic acids is 1. The van der Waals surface area contributed by atoms with Gasteiger partial charge >= 0.3 is 5.97 Å². The van der Waals surface area contributed by atoms with Gasteiger partial charge in [-0.05, 0) is 27.7 Å². The van der Waals surface area contributed by atoms with Crippen molar-refractivity contribution in [2.75, 3.05) is 13.2 Å². The number of carbonyl (C=O) groups is 1. The summed E-state index contributed by atoms with van der Waals surface area (Å²) in [6.07, 6.45) is 0. The van der Waals surface area contributed by atoms with Crippen LogP contribution in [0.25, 0.3) is 0 Å². The summed E-state index contributed by atoms with van der Waals surface area (Å²) < 4.78 is 10.4. The molecule has 29 heavy (non-hydrogen) atoms. The van der Waals surface area contributed by atoms with E-state index in [-0.39, 0.29) is 24.0 Å². The predicted octanol–water partition coefficient (Wildman–Crippen LogP) is 3.13. The molecule has 1 atom stereocenters. The van der Waals surface area contributed by atoms with Gasteiger partial charge < -0.3 is 19.9 Å². The van der Waals surface area contributed by atoms with Crippen molar-refractivity contribution in [2.24, 2.45) is 4.99 Å². The summed E-state index contributed by atoms with van der Waals surface area (Å²) in [4.78, 5) is 26.0. The molecule has 0 spiro atoms. The fraction of sp³-hybridized carbons (Fsp3) is 0.632. The van der Waals surface area contributed by atoms with E-state index in [9.17, 15) is 4.79 Å². The molecular weight excluding hydrogens is 392 g/mol. The van der Waals surface area contributed by atoms with Gasteiger partial charge in [0, 0.05) is 12.0 Å². The first-order valence-corrected chi connectivity index (χ1v) is 10.5. The van der Waals surface area contributed by atoms with Gasteiger partial charge in [0.15, 0.2) is 11.8 Å². The Kier molecular flexibility index (Phi) is 7.72. The molecule has 0 radical (unpaired) electrons. The number of aryl methyl sites for hydroxylation is 1. The lowest BCUT2D eigenvalue weighted by Crippen LogP contribution is -2.38. The minimum absolute atomic E-state index is 0.143. The van der Waals surface area contributed by atoms with Crippen LogP contribution in [0.2, 0.25) is 0 Å². The Morgan fingerprint density at radius 2 is 2.03 bits per heavy atom. The van der Waals surface area contributed by atoms with Crippen LogP contribution in [0.4, 0.5) is 0 Å². The highest BCUT2D eigenvalue weighted by molar-refractivity contribution is 7.13. The topological polar surface area (TPSA) is 115 Å². The van der Waals surface area contributed by atoms with E-state index in [1.807, 2.05) is 34.6 Å². The van der Waals surface area contributed by atoms with Gasteiger partial charge in [0.25, 0.3) is 0 Å². The summed E-state index contributed by atoms with van der Waals surface area (Å²) in [5, 5.41) is 11.3. The zero-order chi connectivity index (χ0) is 21.6. The number of hydrogen-bond acceptors (Lipinski definition) is 8. The average molecular weight is 423 g/mol. The summed E-state index contributed by atoms with van der Waals surface area (Å²) >= 11 is 1.33. The van der Waals surface area contributed by atoms with Crippen LogP contribution in [0.3, 0.4) is 0 Å². The van der Waals surface area contributed by atoms with Crippen molar-refractivity contribution in [2.45, 2.75) is 66.5 Å². The van der Waals surface area contributed by atoms with Crippen LogP contribution in [0.15, 0.2) is 9.52 Å². The third-order valence-electron chi connectivity index (χ3n) is 3.83. The van der Waals surface area contributed by atoms with Crippen molar-refractivity contribution < 1.29 is 14.1 Å². The van der Waals surface area contributed by atoms with Gasteiger partial charge in [-0.1, -0.05) is 25.9 Å². The summed E-state index contributed by atoms with van der Waals surface area (Å²) in [7, 11) is 0. The maximum absolute atomic E-state index is 12.0. The van der Waals surface area contributed by atoms with Crippen molar-refractivity contribution in [1.82, 2.24) is 25.8 Å². The van der Waals surface area contributed by atoms with Gasteiger partial charge in [-0.25, -0.2) is 14.8 Å². The molecule has 2 aromatic rings. The SMILES string of the molecule is CCNC(=NCc1noc(C(C)(C)C)n1)NC(C)c1nc(C)c(C(=O)OCC)s1. The molecule has 2 N–H and O–H groups in total. The summed E-state index contributed by atoms with van der Waals surface area (Å²) in [6.45, 7) is 14.9. The molecule has 160 valence electrons. The van der Waals surface area contributed by atoms with Crippen molar-refractivity contribution in [3.8, 4) is 0 Å². The molecule has 9 nitrogen and oxygen atoms in total. The molecule has 0 aliphatic heterocycles. The van der Waals surface area contributed by atoms with Gasteiger partial charge in [-0.2, -0.15) is 4.98 Å². The fourth-order valence-electron chi connectivity index (χ4n) is 2.35. The predicted molar refractivity (Wildman–Crippen MR) is 112 cm³/mol. The number of nitrogens with one attached hydrogen (secondary N) is 2. The number of thiazole rings is 1. The molecule has 0 amide bonds. The van der Waals surface area contributed by atoms with Gasteiger partial charge in [0.05, 0.1) is 18.3 Å². The molecule has 0 saturated heterocycles. The van der Waals surface area contributed by atoms with Crippen LogP contribution in [0.1, 0.15) is 79.7 Å². The second kappa shape index (κ2) is 9.82. The molecule has 0 saturated carbocycles. The van der Waals surface area contributed by atoms with Crippen LogP contribution in [0, 0.1) is 6.92 Å². The van der Waals surface area contributed by atoms with Crippen LogP contribution in [-0.2, 0) is 16.7 Å². The molecule has 1 unspecified atom stereocenters. The number of esters is 1. The molecule has 0 bridgehead atoms. The fourth-order valence-corrected chi connectivity index (χ4v) is 3.31. The Labute approximate surface area is 175 Å². The molecule has 0 aliphatic rings. The number of ether oxygens (including phenoxy) is 1.